The summed E-state index contributed by atoms with van der Waals surface area (Å²) < 4.78 is 0. The van der Waals surface area contributed by atoms with Gasteiger partial charge in [0.1, 0.15) is 5.52 Å². The number of nitrogens with zero attached hydrogens (tertiary/aromatic N) is 2. The van der Waals surface area contributed by atoms with Gasteiger partial charge in [0, 0.05) is 29.9 Å². The van der Waals surface area contributed by atoms with Crippen molar-refractivity contribution in [2.75, 3.05) is 11.9 Å². The third-order valence-corrected chi connectivity index (χ3v) is 4.20. The van der Waals surface area contributed by atoms with E-state index in [1.807, 2.05) is 12.1 Å². The van der Waals surface area contributed by atoms with Crippen molar-refractivity contribution in [2.24, 2.45) is 11.3 Å². The lowest BCUT2D eigenvalue weighted by atomic mass is 10.1. The number of anilines is 1. The Hall–Kier alpha value is -2.17. The molecule has 5 nitrogen and oxygen atoms in total. The Morgan fingerprint density at radius 1 is 1.45 bits per heavy atom. The van der Waals surface area contributed by atoms with Crippen molar-refractivity contribution in [1.82, 2.24) is 4.98 Å². The Balaban J connectivity index is 1.92. The smallest absolute Gasteiger partial charge is 0.295 e. The van der Waals surface area contributed by atoms with E-state index < -0.39 is 0 Å². The molecule has 1 N–H and O–H groups in total. The second-order valence-corrected chi connectivity index (χ2v) is 6.06. The fourth-order valence-corrected chi connectivity index (χ4v) is 2.62. The Morgan fingerprint density at radius 2 is 2.20 bits per heavy atom. The molecule has 5 heteroatoms. The number of rotatable bonds is 4. The number of aromatic nitrogens is 1. The second kappa shape index (κ2) is 4.44. The van der Waals surface area contributed by atoms with E-state index in [1.165, 1.54) is 12.5 Å². The van der Waals surface area contributed by atoms with Crippen molar-refractivity contribution in [3.63, 3.8) is 0 Å². The normalized spacial score (nSPS) is 19.8. The van der Waals surface area contributed by atoms with Crippen molar-refractivity contribution < 1.29 is 4.92 Å². The summed E-state index contributed by atoms with van der Waals surface area (Å²) in [5, 5.41) is 15.2. The number of para-hydroxylation sites is 1. The quantitative estimate of drug-likeness (QED) is 0.681. The lowest BCUT2D eigenvalue weighted by molar-refractivity contribution is -0.383. The molecule has 1 atom stereocenters. The van der Waals surface area contributed by atoms with E-state index in [1.54, 1.807) is 12.3 Å². The maximum absolute atomic E-state index is 11.0. The van der Waals surface area contributed by atoms with Gasteiger partial charge in [-0.05, 0) is 23.8 Å². The van der Waals surface area contributed by atoms with Gasteiger partial charge in [-0.1, -0.05) is 26.0 Å². The molecule has 1 saturated carbocycles. The summed E-state index contributed by atoms with van der Waals surface area (Å²) >= 11 is 0. The van der Waals surface area contributed by atoms with Crippen LogP contribution in [0.4, 0.5) is 11.4 Å². The fraction of sp³-hybridized carbons (Fsp3) is 0.400. The number of pyridine rings is 1. The molecule has 0 bridgehead atoms. The van der Waals surface area contributed by atoms with Crippen LogP contribution in [0.15, 0.2) is 30.5 Å². The first kappa shape index (κ1) is 12.8. The van der Waals surface area contributed by atoms with Gasteiger partial charge in [0.2, 0.25) is 0 Å². The topological polar surface area (TPSA) is 68.1 Å². The molecule has 0 spiro atoms. The minimum Gasteiger partial charge on any atom is -0.384 e. The first-order valence-corrected chi connectivity index (χ1v) is 6.75. The van der Waals surface area contributed by atoms with Crippen LogP contribution in [-0.4, -0.2) is 16.5 Å². The zero-order valence-electron chi connectivity index (χ0n) is 11.6. The maximum Gasteiger partial charge on any atom is 0.295 e. The summed E-state index contributed by atoms with van der Waals surface area (Å²) in [7, 11) is 0. The molecule has 0 aliphatic heterocycles. The number of hydrogen-bond acceptors (Lipinski definition) is 4. The monoisotopic (exact) mass is 271 g/mol. The third kappa shape index (κ3) is 2.19. The minimum atomic E-state index is -0.386. The molecule has 1 aromatic carbocycles. The molecule has 0 radical (unpaired) electrons. The van der Waals surface area contributed by atoms with Crippen LogP contribution in [0.25, 0.3) is 10.9 Å². The zero-order chi connectivity index (χ0) is 14.3. The lowest BCUT2D eigenvalue weighted by Gasteiger charge is -2.10. The van der Waals surface area contributed by atoms with Crippen LogP contribution >= 0.6 is 0 Å². The molecular weight excluding hydrogens is 254 g/mol. The Kier molecular flexibility index (Phi) is 2.85. The highest BCUT2D eigenvalue weighted by atomic mass is 16.6. The van der Waals surface area contributed by atoms with Gasteiger partial charge in [-0.3, -0.25) is 10.1 Å². The van der Waals surface area contributed by atoms with E-state index in [4.69, 9.17) is 0 Å². The second-order valence-electron chi connectivity index (χ2n) is 6.06. The highest BCUT2D eigenvalue weighted by molar-refractivity contribution is 5.96. The van der Waals surface area contributed by atoms with Crippen LogP contribution in [0.2, 0.25) is 0 Å². The molecule has 0 amide bonds. The number of nitro benzene ring substituents is 1. The van der Waals surface area contributed by atoms with E-state index in [-0.39, 0.29) is 10.6 Å². The Morgan fingerprint density at radius 3 is 2.85 bits per heavy atom. The number of benzene rings is 1. The number of nitro groups is 1. The zero-order valence-corrected chi connectivity index (χ0v) is 11.6. The molecular formula is C15H17N3O2. The molecule has 2 aromatic rings. The van der Waals surface area contributed by atoms with Gasteiger partial charge < -0.3 is 5.32 Å². The van der Waals surface area contributed by atoms with Crippen LogP contribution in [0.5, 0.6) is 0 Å². The SMILES string of the molecule is CC1(C)CC1CNc1ccnc2c([N+](=O)[O-])cccc12. The molecule has 1 aromatic heterocycles. The minimum absolute atomic E-state index is 0.0536. The first-order valence-electron chi connectivity index (χ1n) is 6.75. The summed E-state index contributed by atoms with van der Waals surface area (Å²) in [6.45, 7) is 5.42. The van der Waals surface area contributed by atoms with Crippen LogP contribution in [-0.2, 0) is 0 Å². The van der Waals surface area contributed by atoms with Crippen molar-refractivity contribution in [2.45, 2.75) is 20.3 Å². The molecule has 20 heavy (non-hydrogen) atoms. The average molecular weight is 271 g/mol. The molecule has 1 aliphatic rings. The van der Waals surface area contributed by atoms with Gasteiger partial charge in [0.15, 0.2) is 0 Å². The van der Waals surface area contributed by atoms with Gasteiger partial charge >= 0.3 is 0 Å². The molecule has 1 heterocycles. The Bertz CT molecular complexity index is 682. The van der Waals surface area contributed by atoms with E-state index in [0.29, 0.717) is 16.8 Å². The van der Waals surface area contributed by atoms with Crippen LogP contribution in [0.1, 0.15) is 20.3 Å². The lowest BCUT2D eigenvalue weighted by Crippen LogP contribution is -2.07. The summed E-state index contributed by atoms with van der Waals surface area (Å²) in [4.78, 5) is 14.8. The van der Waals surface area contributed by atoms with Crippen LogP contribution in [0, 0.1) is 21.4 Å². The van der Waals surface area contributed by atoms with E-state index >= 15 is 0 Å². The van der Waals surface area contributed by atoms with Crippen LogP contribution < -0.4 is 5.32 Å². The summed E-state index contributed by atoms with van der Waals surface area (Å²) in [6, 6.07) is 6.94. The summed E-state index contributed by atoms with van der Waals surface area (Å²) in [5.41, 5.74) is 1.83. The molecule has 1 aliphatic carbocycles. The number of non-ortho nitro benzene ring substituents is 1. The Labute approximate surface area is 117 Å². The predicted octanol–water partition coefficient (Wildman–Crippen LogP) is 3.60. The van der Waals surface area contributed by atoms with Crippen molar-refractivity contribution in [1.29, 1.82) is 0 Å². The highest BCUT2D eigenvalue weighted by Gasteiger charge is 2.44. The molecule has 104 valence electrons. The molecule has 3 rings (SSSR count). The van der Waals surface area contributed by atoms with Crippen molar-refractivity contribution in [3.8, 4) is 0 Å². The highest BCUT2D eigenvalue weighted by Crippen LogP contribution is 2.51. The fourth-order valence-electron chi connectivity index (χ4n) is 2.62. The molecule has 1 unspecified atom stereocenters. The number of fused-ring (bicyclic) bond motifs is 1. The van der Waals surface area contributed by atoms with Gasteiger partial charge in [-0.2, -0.15) is 0 Å². The number of nitrogens with one attached hydrogen (secondary N) is 1. The standard InChI is InChI=1S/C15H17N3O2/c1-15(2)8-10(15)9-17-12-6-7-16-14-11(12)4-3-5-13(14)18(19)20/h3-7,10H,8-9H2,1-2H3,(H,16,17). The van der Waals surface area contributed by atoms with E-state index in [9.17, 15) is 10.1 Å². The van der Waals surface area contributed by atoms with Crippen molar-refractivity contribution in [3.05, 3.63) is 40.6 Å². The van der Waals surface area contributed by atoms with Crippen LogP contribution in [0.3, 0.4) is 0 Å². The van der Waals surface area contributed by atoms with Gasteiger partial charge in [-0.25, -0.2) is 4.98 Å². The molecule has 0 saturated heterocycles. The summed E-state index contributed by atoms with van der Waals surface area (Å²) in [6.07, 6.45) is 2.85. The third-order valence-electron chi connectivity index (χ3n) is 4.20. The average Bonchev–Trinajstić information content (AvgIpc) is 3.03. The van der Waals surface area contributed by atoms with E-state index in [0.717, 1.165) is 17.6 Å². The summed E-state index contributed by atoms with van der Waals surface area (Å²) in [5.74, 6) is 0.671. The predicted molar refractivity (Wildman–Crippen MR) is 78.8 cm³/mol. The first-order chi connectivity index (χ1) is 9.49. The van der Waals surface area contributed by atoms with Crippen molar-refractivity contribution >= 4 is 22.3 Å². The van der Waals surface area contributed by atoms with Gasteiger partial charge in [-0.15, -0.1) is 0 Å². The van der Waals surface area contributed by atoms with E-state index in [2.05, 4.69) is 24.1 Å². The number of hydrogen-bond donors (Lipinski definition) is 1. The van der Waals surface area contributed by atoms with Gasteiger partial charge in [0.05, 0.1) is 4.92 Å². The van der Waals surface area contributed by atoms with Gasteiger partial charge in [0.25, 0.3) is 5.69 Å². The largest absolute Gasteiger partial charge is 0.384 e. The maximum atomic E-state index is 11.0. The molecule has 1 fully saturated rings.